The first-order chi connectivity index (χ1) is 14.3. The Balaban J connectivity index is 3.50. The van der Waals surface area contributed by atoms with E-state index in [1.165, 1.54) is 51.4 Å². The van der Waals surface area contributed by atoms with Crippen LogP contribution < -0.4 is 0 Å². The summed E-state index contributed by atoms with van der Waals surface area (Å²) in [5.41, 5.74) is 0. The van der Waals surface area contributed by atoms with Crippen molar-refractivity contribution >= 4 is 15.6 Å². The second-order valence-corrected chi connectivity index (χ2v) is 10.4. The van der Waals surface area contributed by atoms with Gasteiger partial charge in [-0.05, 0) is 32.1 Å². The van der Waals surface area contributed by atoms with E-state index in [9.17, 15) is 18.9 Å². The van der Waals surface area contributed by atoms with Gasteiger partial charge in [0.15, 0.2) is 0 Å². The second kappa shape index (κ2) is 19.6. The maximum atomic E-state index is 11.6. The van der Waals surface area contributed by atoms with Crippen LogP contribution in [0.5, 0.6) is 0 Å². The molecule has 0 aliphatic rings. The fourth-order valence-electron chi connectivity index (χ4n) is 2.86. The third kappa shape index (κ3) is 21.2. The number of phosphoric ester groups is 2. The van der Waals surface area contributed by atoms with E-state index in [0.29, 0.717) is 6.42 Å². The fraction of sp³-hybridized carbons (Fsp3) is 0.900. The molecule has 0 amide bonds. The summed E-state index contributed by atoms with van der Waals surface area (Å²) in [4.78, 5) is 18.6. The number of aliphatic hydroxyl groups excluding tert-OH is 1. The molecule has 0 spiro atoms. The molecule has 0 aromatic heterocycles. The van der Waals surface area contributed by atoms with Gasteiger partial charge < -0.3 is 14.9 Å². The fourth-order valence-corrected chi connectivity index (χ4v) is 4.96. The van der Waals surface area contributed by atoms with Crippen LogP contribution in [0.25, 0.3) is 0 Å². The molecule has 0 aromatic carbocycles. The highest BCUT2D eigenvalue weighted by atomic mass is 31.3. The number of hydrogen-bond donors (Lipinski definition) is 3. The van der Waals surface area contributed by atoms with Gasteiger partial charge in [-0.1, -0.05) is 76.9 Å². The predicted octanol–water partition coefficient (Wildman–Crippen LogP) is 6.27. The first-order valence-corrected chi connectivity index (χ1v) is 14.2. The summed E-state index contributed by atoms with van der Waals surface area (Å²) >= 11 is 0. The average molecular weight is 472 g/mol. The average Bonchev–Trinajstić information content (AvgIpc) is 2.68. The van der Waals surface area contributed by atoms with Gasteiger partial charge in [0, 0.05) is 0 Å². The highest BCUT2D eigenvalue weighted by molar-refractivity contribution is 7.61. The molecule has 0 heterocycles. The van der Waals surface area contributed by atoms with E-state index in [1.807, 2.05) is 0 Å². The normalized spacial score (nSPS) is 16.0. The first-order valence-electron chi connectivity index (χ1n) is 11.2. The molecule has 0 aromatic rings. The van der Waals surface area contributed by atoms with Gasteiger partial charge in [-0.15, -0.1) is 0 Å². The van der Waals surface area contributed by atoms with Crippen LogP contribution in [0.3, 0.4) is 0 Å². The summed E-state index contributed by atoms with van der Waals surface area (Å²) < 4.78 is 36.0. The Morgan fingerprint density at radius 2 is 1.10 bits per heavy atom. The molecule has 180 valence electrons. The zero-order valence-corrected chi connectivity index (χ0v) is 20.2. The topological polar surface area (TPSA) is 123 Å². The van der Waals surface area contributed by atoms with E-state index in [0.717, 1.165) is 32.1 Å². The molecule has 30 heavy (non-hydrogen) atoms. The number of allylic oxidation sites excluding steroid dienone is 2. The van der Waals surface area contributed by atoms with Gasteiger partial charge in [-0.2, -0.15) is 4.31 Å². The highest BCUT2D eigenvalue weighted by Gasteiger charge is 2.34. The predicted molar refractivity (Wildman–Crippen MR) is 119 cm³/mol. The van der Waals surface area contributed by atoms with Crippen molar-refractivity contribution < 1.29 is 37.4 Å². The minimum Gasteiger partial charge on any atom is -0.394 e. The Bertz CT molecular complexity index is 513. The Kier molecular flexibility index (Phi) is 19.6. The summed E-state index contributed by atoms with van der Waals surface area (Å²) in [7, 11) is -9.40. The molecular formula is C20H42O8P2. The van der Waals surface area contributed by atoms with E-state index in [-0.39, 0.29) is 6.61 Å². The van der Waals surface area contributed by atoms with Crippen LogP contribution in [0.1, 0.15) is 96.8 Å². The van der Waals surface area contributed by atoms with E-state index >= 15 is 0 Å². The van der Waals surface area contributed by atoms with Crippen molar-refractivity contribution in [2.24, 2.45) is 0 Å². The van der Waals surface area contributed by atoms with Crippen molar-refractivity contribution in [3.63, 3.8) is 0 Å². The first kappa shape index (κ1) is 30.0. The van der Waals surface area contributed by atoms with Gasteiger partial charge in [0.1, 0.15) is 0 Å². The Morgan fingerprint density at radius 3 is 1.60 bits per heavy atom. The number of phosphoric acid groups is 2. The van der Waals surface area contributed by atoms with Crippen molar-refractivity contribution in [2.45, 2.75) is 96.8 Å². The molecule has 0 rings (SSSR count). The zero-order chi connectivity index (χ0) is 22.6. The van der Waals surface area contributed by atoms with Crippen LogP contribution in [0, 0.1) is 0 Å². The maximum absolute atomic E-state index is 11.6. The summed E-state index contributed by atoms with van der Waals surface area (Å²) in [5, 5.41) is 8.52. The molecular weight excluding hydrogens is 430 g/mol. The smallest absolute Gasteiger partial charge is 0.394 e. The molecule has 0 radical (unpaired) electrons. The Labute approximate surface area is 182 Å². The van der Waals surface area contributed by atoms with E-state index in [2.05, 4.69) is 32.4 Å². The maximum Gasteiger partial charge on any atom is 0.481 e. The molecule has 3 N–H and O–H groups in total. The lowest BCUT2D eigenvalue weighted by Gasteiger charge is -2.15. The molecule has 2 atom stereocenters. The minimum atomic E-state index is -4.73. The highest BCUT2D eigenvalue weighted by Crippen LogP contribution is 2.60. The molecule has 0 fully saturated rings. The minimum absolute atomic E-state index is 0.0467. The number of aliphatic hydroxyl groups is 1. The SMILES string of the molecule is CCCCCCCC/C=C\CCCCCCCCOP(=O)(O)OP(=O)(O)OCCO. The van der Waals surface area contributed by atoms with E-state index in [4.69, 9.17) is 5.11 Å². The van der Waals surface area contributed by atoms with Gasteiger partial charge in [0.05, 0.1) is 19.8 Å². The lowest BCUT2D eigenvalue weighted by atomic mass is 10.1. The van der Waals surface area contributed by atoms with Gasteiger partial charge in [0.25, 0.3) is 0 Å². The van der Waals surface area contributed by atoms with Crippen molar-refractivity contribution in [1.29, 1.82) is 0 Å². The summed E-state index contributed by atoms with van der Waals surface area (Å²) in [5.74, 6) is 0. The van der Waals surface area contributed by atoms with Gasteiger partial charge in [-0.25, -0.2) is 9.13 Å². The standard InChI is InChI=1S/C20H42O8P2/c1-2-3-4-5-6-7-8-9-10-11-12-13-14-15-16-17-19-26-29(22,23)28-30(24,25)27-20-18-21/h9-10,21H,2-8,11-20H2,1H3,(H,22,23)(H,24,25)/b10-9-. The number of unbranched alkanes of at least 4 members (excludes halogenated alkanes) is 12. The van der Waals surface area contributed by atoms with Crippen molar-refractivity contribution in [1.82, 2.24) is 0 Å². The molecule has 2 unspecified atom stereocenters. The van der Waals surface area contributed by atoms with Gasteiger partial charge in [-0.3, -0.25) is 9.05 Å². The summed E-state index contributed by atoms with van der Waals surface area (Å²) in [6, 6.07) is 0. The molecule has 0 bridgehead atoms. The van der Waals surface area contributed by atoms with Gasteiger partial charge in [0.2, 0.25) is 0 Å². The lowest BCUT2D eigenvalue weighted by molar-refractivity contribution is 0.132. The molecule has 0 aliphatic heterocycles. The van der Waals surface area contributed by atoms with Crippen LogP contribution >= 0.6 is 15.6 Å². The molecule has 10 heteroatoms. The van der Waals surface area contributed by atoms with E-state index in [1.54, 1.807) is 0 Å². The van der Waals surface area contributed by atoms with Gasteiger partial charge >= 0.3 is 15.6 Å². The number of hydrogen-bond acceptors (Lipinski definition) is 6. The Morgan fingerprint density at radius 1 is 0.667 bits per heavy atom. The molecule has 0 saturated heterocycles. The quantitative estimate of drug-likeness (QED) is 0.0957. The van der Waals surface area contributed by atoms with Crippen LogP contribution in [0.2, 0.25) is 0 Å². The Hall–Kier alpha value is -0.0400. The van der Waals surface area contributed by atoms with Crippen LogP contribution in [-0.4, -0.2) is 34.7 Å². The summed E-state index contributed by atoms with van der Waals surface area (Å²) in [6.07, 6.45) is 20.7. The monoisotopic (exact) mass is 472 g/mol. The van der Waals surface area contributed by atoms with Crippen molar-refractivity contribution in [3.8, 4) is 0 Å². The third-order valence-corrected chi connectivity index (χ3v) is 7.13. The van der Waals surface area contributed by atoms with Crippen molar-refractivity contribution in [2.75, 3.05) is 19.8 Å². The van der Waals surface area contributed by atoms with Crippen molar-refractivity contribution in [3.05, 3.63) is 12.2 Å². The molecule has 0 aliphatic carbocycles. The van der Waals surface area contributed by atoms with Crippen LogP contribution in [0.4, 0.5) is 0 Å². The number of rotatable bonds is 22. The van der Waals surface area contributed by atoms with Crippen LogP contribution in [0.15, 0.2) is 12.2 Å². The van der Waals surface area contributed by atoms with Crippen LogP contribution in [-0.2, 0) is 22.5 Å². The molecule has 0 saturated carbocycles. The zero-order valence-electron chi connectivity index (χ0n) is 18.5. The third-order valence-electron chi connectivity index (χ3n) is 4.46. The molecule has 8 nitrogen and oxygen atoms in total. The second-order valence-electron chi connectivity index (χ2n) is 7.35. The van der Waals surface area contributed by atoms with E-state index < -0.39 is 28.9 Å². The summed E-state index contributed by atoms with van der Waals surface area (Å²) in [6.45, 7) is 1.19. The largest absolute Gasteiger partial charge is 0.481 e. The lowest BCUT2D eigenvalue weighted by Crippen LogP contribution is -2.01.